The normalized spacial score (nSPS) is 12.7. The van der Waals surface area contributed by atoms with Crippen LogP contribution in [0.3, 0.4) is 0 Å². The van der Waals surface area contributed by atoms with Crippen LogP contribution in [-0.2, 0) is 0 Å². The zero-order valence-corrected chi connectivity index (χ0v) is 10.4. The minimum atomic E-state index is -0.243. The van der Waals surface area contributed by atoms with Crippen LogP contribution in [0.2, 0.25) is 0 Å². The molecule has 1 aromatic carbocycles. The van der Waals surface area contributed by atoms with E-state index in [0.29, 0.717) is 0 Å². The Morgan fingerprint density at radius 2 is 2.21 bits per heavy atom. The van der Waals surface area contributed by atoms with Gasteiger partial charge in [-0.25, -0.2) is 8.91 Å². The highest BCUT2D eigenvalue weighted by Crippen LogP contribution is 2.25. The molecular formula is C14H13FN4. The number of fused-ring (bicyclic) bond motifs is 1. The summed E-state index contributed by atoms with van der Waals surface area (Å²) in [7, 11) is 1.84. The highest BCUT2D eigenvalue weighted by Gasteiger charge is 2.17. The number of halogens is 1. The summed E-state index contributed by atoms with van der Waals surface area (Å²) in [6.45, 7) is 0. The number of nitrogens with one attached hydrogen (secondary N) is 1. The highest BCUT2D eigenvalue weighted by molar-refractivity contribution is 5.55. The summed E-state index contributed by atoms with van der Waals surface area (Å²) in [4.78, 5) is 4.11. The Morgan fingerprint density at radius 1 is 1.32 bits per heavy atom. The summed E-state index contributed by atoms with van der Waals surface area (Å²) in [6.07, 6.45) is 7.01. The lowest BCUT2D eigenvalue weighted by molar-refractivity contribution is 0.617. The fourth-order valence-electron chi connectivity index (χ4n) is 2.26. The van der Waals surface area contributed by atoms with Crippen LogP contribution >= 0.6 is 0 Å². The molecule has 1 atom stereocenters. The molecule has 0 aliphatic rings. The van der Waals surface area contributed by atoms with Gasteiger partial charge in [-0.1, -0.05) is 12.1 Å². The molecule has 0 amide bonds. The van der Waals surface area contributed by atoms with E-state index in [4.69, 9.17) is 0 Å². The van der Waals surface area contributed by atoms with Gasteiger partial charge in [-0.15, -0.1) is 0 Å². The Balaban J connectivity index is 2.12. The molecule has 0 radical (unpaired) electrons. The van der Waals surface area contributed by atoms with Gasteiger partial charge in [0.2, 0.25) is 0 Å². The fourth-order valence-corrected chi connectivity index (χ4v) is 2.26. The third-order valence-corrected chi connectivity index (χ3v) is 3.14. The first kappa shape index (κ1) is 11.8. The van der Waals surface area contributed by atoms with Crippen LogP contribution in [-0.4, -0.2) is 21.6 Å². The molecule has 19 heavy (non-hydrogen) atoms. The standard InChI is InChI=1S/C14H13FN4/c1-16-14(10-3-2-4-11(15)7-10)12-8-18-19-6-5-17-9-13(12)19/h2-9,14,16H,1H3. The number of benzene rings is 1. The molecule has 1 N–H and O–H groups in total. The lowest BCUT2D eigenvalue weighted by atomic mass is 10.0. The molecular weight excluding hydrogens is 243 g/mol. The second-order valence-corrected chi connectivity index (χ2v) is 4.28. The molecule has 0 spiro atoms. The molecule has 0 saturated heterocycles. The first-order valence-corrected chi connectivity index (χ1v) is 5.99. The molecule has 96 valence electrons. The average Bonchev–Trinajstić information content (AvgIpc) is 2.84. The van der Waals surface area contributed by atoms with Gasteiger partial charge in [-0.05, 0) is 24.7 Å². The van der Waals surface area contributed by atoms with Crippen LogP contribution in [0.4, 0.5) is 4.39 Å². The van der Waals surface area contributed by atoms with Crippen molar-refractivity contribution in [2.45, 2.75) is 6.04 Å². The largest absolute Gasteiger partial charge is 0.309 e. The van der Waals surface area contributed by atoms with Crippen molar-refractivity contribution in [3.05, 3.63) is 66.0 Å². The summed E-state index contributed by atoms with van der Waals surface area (Å²) in [5, 5.41) is 7.47. The van der Waals surface area contributed by atoms with Crippen LogP contribution in [0.5, 0.6) is 0 Å². The van der Waals surface area contributed by atoms with Crippen LogP contribution in [0.25, 0.3) is 5.52 Å². The molecule has 3 aromatic rings. The van der Waals surface area contributed by atoms with Gasteiger partial charge < -0.3 is 5.32 Å². The monoisotopic (exact) mass is 256 g/mol. The van der Waals surface area contributed by atoms with Gasteiger partial charge in [-0.2, -0.15) is 5.10 Å². The van der Waals surface area contributed by atoms with E-state index in [1.54, 1.807) is 35.4 Å². The highest BCUT2D eigenvalue weighted by atomic mass is 19.1. The maximum absolute atomic E-state index is 13.4. The van der Waals surface area contributed by atoms with Crippen molar-refractivity contribution in [1.29, 1.82) is 0 Å². The Morgan fingerprint density at radius 3 is 3.00 bits per heavy atom. The Labute approximate surface area is 109 Å². The van der Waals surface area contributed by atoms with Crippen LogP contribution < -0.4 is 5.32 Å². The van der Waals surface area contributed by atoms with Gasteiger partial charge in [0.1, 0.15) is 5.82 Å². The maximum atomic E-state index is 13.4. The summed E-state index contributed by atoms with van der Waals surface area (Å²) in [6, 6.07) is 6.45. The van der Waals surface area contributed by atoms with E-state index in [1.165, 1.54) is 12.1 Å². The van der Waals surface area contributed by atoms with E-state index >= 15 is 0 Å². The van der Waals surface area contributed by atoms with Crippen LogP contribution in [0.1, 0.15) is 17.2 Å². The van der Waals surface area contributed by atoms with Gasteiger partial charge in [-0.3, -0.25) is 4.98 Å². The molecule has 5 heteroatoms. The molecule has 0 aliphatic carbocycles. The zero-order chi connectivity index (χ0) is 13.2. The number of nitrogens with zero attached hydrogens (tertiary/aromatic N) is 3. The molecule has 2 aromatic heterocycles. The number of hydrogen-bond acceptors (Lipinski definition) is 3. The van der Waals surface area contributed by atoms with Gasteiger partial charge in [0.25, 0.3) is 0 Å². The van der Waals surface area contributed by atoms with E-state index in [-0.39, 0.29) is 11.9 Å². The predicted octanol–water partition coefficient (Wildman–Crippen LogP) is 2.18. The van der Waals surface area contributed by atoms with Gasteiger partial charge in [0.05, 0.1) is 24.0 Å². The first-order chi connectivity index (χ1) is 9.29. The summed E-state index contributed by atoms with van der Waals surface area (Å²) in [5.41, 5.74) is 2.74. The Hall–Kier alpha value is -2.27. The minimum absolute atomic E-state index is 0.114. The van der Waals surface area contributed by atoms with Crippen molar-refractivity contribution in [2.75, 3.05) is 7.05 Å². The van der Waals surface area contributed by atoms with Crippen molar-refractivity contribution in [3.8, 4) is 0 Å². The molecule has 0 bridgehead atoms. The third-order valence-electron chi connectivity index (χ3n) is 3.14. The molecule has 1 unspecified atom stereocenters. The maximum Gasteiger partial charge on any atom is 0.123 e. The Kier molecular flexibility index (Phi) is 2.97. The van der Waals surface area contributed by atoms with Gasteiger partial charge >= 0.3 is 0 Å². The number of hydrogen-bond donors (Lipinski definition) is 1. The predicted molar refractivity (Wildman–Crippen MR) is 70.3 cm³/mol. The van der Waals surface area contributed by atoms with Gasteiger partial charge in [0, 0.05) is 18.0 Å². The summed E-state index contributed by atoms with van der Waals surface area (Å²) < 4.78 is 15.1. The van der Waals surface area contributed by atoms with Crippen molar-refractivity contribution in [1.82, 2.24) is 19.9 Å². The van der Waals surface area contributed by atoms with E-state index in [2.05, 4.69) is 15.4 Å². The smallest absolute Gasteiger partial charge is 0.123 e. The molecule has 2 heterocycles. The number of rotatable bonds is 3. The molecule has 0 aliphatic heterocycles. The van der Waals surface area contributed by atoms with E-state index in [1.807, 2.05) is 13.1 Å². The molecule has 0 saturated carbocycles. The second kappa shape index (κ2) is 4.78. The second-order valence-electron chi connectivity index (χ2n) is 4.28. The van der Waals surface area contributed by atoms with E-state index in [9.17, 15) is 4.39 Å². The van der Waals surface area contributed by atoms with Crippen molar-refractivity contribution < 1.29 is 4.39 Å². The number of aromatic nitrogens is 3. The van der Waals surface area contributed by atoms with Crippen LogP contribution in [0.15, 0.2) is 49.1 Å². The van der Waals surface area contributed by atoms with Crippen molar-refractivity contribution in [2.24, 2.45) is 0 Å². The molecule has 4 nitrogen and oxygen atoms in total. The fraction of sp³-hybridized carbons (Fsp3) is 0.143. The average molecular weight is 256 g/mol. The zero-order valence-electron chi connectivity index (χ0n) is 10.4. The SMILES string of the molecule is CNC(c1cccc(F)c1)c1cnn2ccncc12. The quantitative estimate of drug-likeness (QED) is 0.781. The van der Waals surface area contributed by atoms with Gasteiger partial charge in [0.15, 0.2) is 0 Å². The third kappa shape index (κ3) is 2.08. The van der Waals surface area contributed by atoms with Crippen LogP contribution in [0, 0.1) is 5.82 Å². The molecule has 3 rings (SSSR count). The van der Waals surface area contributed by atoms with Crippen molar-refractivity contribution in [3.63, 3.8) is 0 Å². The van der Waals surface area contributed by atoms with E-state index < -0.39 is 0 Å². The topological polar surface area (TPSA) is 42.2 Å². The summed E-state index contributed by atoms with van der Waals surface area (Å²) >= 11 is 0. The lowest BCUT2D eigenvalue weighted by Crippen LogP contribution is -2.17. The molecule has 0 fully saturated rings. The lowest BCUT2D eigenvalue weighted by Gasteiger charge is -2.15. The van der Waals surface area contributed by atoms with Crippen molar-refractivity contribution >= 4 is 5.52 Å². The summed E-state index contributed by atoms with van der Waals surface area (Å²) in [5.74, 6) is -0.243. The minimum Gasteiger partial charge on any atom is -0.309 e. The first-order valence-electron chi connectivity index (χ1n) is 5.99. The Bertz CT molecular complexity index is 707. The van der Waals surface area contributed by atoms with E-state index in [0.717, 1.165) is 16.6 Å².